The van der Waals surface area contributed by atoms with E-state index in [1.165, 1.54) is 6.07 Å². The van der Waals surface area contributed by atoms with Gasteiger partial charge in [-0.3, -0.25) is 0 Å². The number of aromatic nitrogens is 1. The topological polar surface area (TPSA) is 36.7 Å². The number of pyridine rings is 1. The molecule has 0 saturated heterocycles. The van der Waals surface area contributed by atoms with Crippen LogP contribution in [-0.2, 0) is 6.18 Å². The Kier molecular flexibility index (Phi) is 3.12. The van der Waals surface area contributed by atoms with Crippen molar-refractivity contribution in [2.24, 2.45) is 0 Å². The van der Waals surface area contributed by atoms with Gasteiger partial charge < -0.3 is 0 Å². The summed E-state index contributed by atoms with van der Waals surface area (Å²) in [5.74, 6) is 0. The second-order valence-electron chi connectivity index (χ2n) is 3.00. The molecule has 0 atom stereocenters. The Balaban J connectivity index is 3.45. The van der Waals surface area contributed by atoms with E-state index in [9.17, 15) is 22.0 Å². The Morgan fingerprint density at radius 1 is 1.38 bits per heavy atom. The highest BCUT2D eigenvalue weighted by Gasteiger charge is 2.35. The highest BCUT2D eigenvalue weighted by atomic mass is 19.4. The second-order valence-corrected chi connectivity index (χ2v) is 3.00. The van der Waals surface area contributed by atoms with Gasteiger partial charge in [0.1, 0.15) is 17.5 Å². The van der Waals surface area contributed by atoms with Crippen LogP contribution in [0.3, 0.4) is 0 Å². The lowest BCUT2D eigenvalue weighted by Gasteiger charge is -2.11. The van der Waals surface area contributed by atoms with Crippen molar-refractivity contribution in [2.45, 2.75) is 19.5 Å². The molecule has 0 amide bonds. The maximum absolute atomic E-state index is 12.4. The van der Waals surface area contributed by atoms with Crippen molar-refractivity contribution < 1.29 is 22.0 Å². The molecule has 7 heteroatoms. The van der Waals surface area contributed by atoms with Gasteiger partial charge in [-0.2, -0.15) is 18.4 Å². The molecule has 86 valence electrons. The van der Waals surface area contributed by atoms with Crippen molar-refractivity contribution in [3.05, 3.63) is 28.6 Å². The van der Waals surface area contributed by atoms with Crippen molar-refractivity contribution >= 4 is 0 Å². The first-order valence-corrected chi connectivity index (χ1v) is 4.04. The smallest absolute Gasteiger partial charge is 0.232 e. The number of rotatable bonds is 1. The fraction of sp³-hybridized carbons (Fsp3) is 0.333. The standard InChI is InChI=1S/C9H5F5N2/c1-4-2-5(8(10)11)6(3-15)16-7(4)9(12,13)14/h2,8H,1H3. The third-order valence-corrected chi connectivity index (χ3v) is 1.85. The van der Waals surface area contributed by atoms with Gasteiger partial charge in [-0.1, -0.05) is 0 Å². The fourth-order valence-corrected chi connectivity index (χ4v) is 1.18. The summed E-state index contributed by atoms with van der Waals surface area (Å²) >= 11 is 0. The molecule has 0 saturated carbocycles. The molecular weight excluding hydrogens is 231 g/mol. The Bertz CT molecular complexity index is 444. The number of aryl methyl sites for hydroxylation is 1. The van der Waals surface area contributed by atoms with Crippen molar-refractivity contribution in [1.82, 2.24) is 4.98 Å². The summed E-state index contributed by atoms with van der Waals surface area (Å²) in [6.45, 7) is 1.02. The number of nitrogens with zero attached hydrogens (tertiary/aromatic N) is 2. The molecule has 1 heterocycles. The van der Waals surface area contributed by atoms with Gasteiger partial charge in [0.05, 0.1) is 5.56 Å². The van der Waals surface area contributed by atoms with Crippen LogP contribution in [0.1, 0.15) is 28.9 Å². The summed E-state index contributed by atoms with van der Waals surface area (Å²) in [5.41, 5.74) is -3.42. The quantitative estimate of drug-likeness (QED) is 0.702. The van der Waals surface area contributed by atoms with Gasteiger partial charge in [0.25, 0.3) is 6.43 Å². The molecule has 0 unspecified atom stereocenters. The van der Waals surface area contributed by atoms with E-state index in [-0.39, 0.29) is 0 Å². The van der Waals surface area contributed by atoms with Gasteiger partial charge in [-0.25, -0.2) is 13.8 Å². The van der Waals surface area contributed by atoms with Crippen LogP contribution in [-0.4, -0.2) is 4.98 Å². The summed E-state index contributed by atoms with van der Waals surface area (Å²) in [4.78, 5) is 2.92. The first-order valence-electron chi connectivity index (χ1n) is 4.04. The largest absolute Gasteiger partial charge is 0.433 e. The molecule has 0 radical (unpaired) electrons. The van der Waals surface area contributed by atoms with Crippen LogP contribution in [0.4, 0.5) is 22.0 Å². The maximum atomic E-state index is 12.4. The third kappa shape index (κ3) is 2.27. The Hall–Kier alpha value is -1.71. The summed E-state index contributed by atoms with van der Waals surface area (Å²) in [5, 5.41) is 8.44. The summed E-state index contributed by atoms with van der Waals surface area (Å²) in [7, 11) is 0. The predicted octanol–water partition coefficient (Wildman–Crippen LogP) is 3.22. The minimum atomic E-state index is -4.75. The van der Waals surface area contributed by atoms with E-state index >= 15 is 0 Å². The van der Waals surface area contributed by atoms with Crippen molar-refractivity contribution in [3.8, 4) is 6.07 Å². The molecule has 0 aromatic carbocycles. The van der Waals surface area contributed by atoms with Crippen LogP contribution < -0.4 is 0 Å². The normalized spacial score (nSPS) is 11.6. The molecule has 0 fully saturated rings. The summed E-state index contributed by atoms with van der Waals surface area (Å²) < 4.78 is 61.7. The van der Waals surface area contributed by atoms with Gasteiger partial charge >= 0.3 is 6.18 Å². The first kappa shape index (κ1) is 12.4. The fourth-order valence-electron chi connectivity index (χ4n) is 1.18. The maximum Gasteiger partial charge on any atom is 0.433 e. The minimum absolute atomic E-state index is 0.429. The molecule has 1 aromatic rings. The van der Waals surface area contributed by atoms with Crippen LogP contribution in [0.15, 0.2) is 6.07 Å². The molecule has 1 aromatic heterocycles. The van der Waals surface area contributed by atoms with E-state index in [0.717, 1.165) is 6.92 Å². The molecule has 0 bridgehead atoms. The number of hydrogen-bond donors (Lipinski definition) is 0. The zero-order chi connectivity index (χ0) is 12.5. The van der Waals surface area contributed by atoms with Crippen LogP contribution in [0, 0.1) is 18.3 Å². The number of alkyl halides is 5. The van der Waals surface area contributed by atoms with E-state index in [2.05, 4.69) is 4.98 Å². The Morgan fingerprint density at radius 3 is 2.31 bits per heavy atom. The number of halogens is 5. The zero-order valence-electron chi connectivity index (χ0n) is 7.94. The summed E-state index contributed by atoms with van der Waals surface area (Å²) in [6, 6.07) is 1.86. The van der Waals surface area contributed by atoms with Crippen LogP contribution in [0.5, 0.6) is 0 Å². The molecule has 0 aliphatic heterocycles. The molecular formula is C9H5F5N2. The highest BCUT2D eigenvalue weighted by molar-refractivity contribution is 5.38. The van der Waals surface area contributed by atoms with E-state index in [1.807, 2.05) is 0 Å². The van der Waals surface area contributed by atoms with Gasteiger partial charge in [0, 0.05) is 0 Å². The Morgan fingerprint density at radius 2 is 1.94 bits per heavy atom. The van der Waals surface area contributed by atoms with Gasteiger partial charge in [-0.05, 0) is 18.6 Å². The van der Waals surface area contributed by atoms with Gasteiger partial charge in [0.15, 0.2) is 0 Å². The van der Waals surface area contributed by atoms with Crippen molar-refractivity contribution in [2.75, 3.05) is 0 Å². The van der Waals surface area contributed by atoms with Gasteiger partial charge in [-0.15, -0.1) is 0 Å². The molecule has 0 spiro atoms. The van der Waals surface area contributed by atoms with E-state index < -0.39 is 35.1 Å². The lowest BCUT2D eigenvalue weighted by atomic mass is 10.1. The second kappa shape index (κ2) is 4.04. The molecule has 0 N–H and O–H groups in total. The SMILES string of the molecule is Cc1cc(C(F)F)c(C#N)nc1C(F)(F)F. The van der Waals surface area contributed by atoms with Crippen molar-refractivity contribution in [1.29, 1.82) is 5.26 Å². The van der Waals surface area contributed by atoms with E-state index in [0.29, 0.717) is 6.07 Å². The van der Waals surface area contributed by atoms with Crippen LogP contribution >= 0.6 is 0 Å². The molecule has 2 nitrogen and oxygen atoms in total. The Labute approximate surface area is 87.3 Å². The molecule has 16 heavy (non-hydrogen) atoms. The van der Waals surface area contributed by atoms with E-state index in [4.69, 9.17) is 5.26 Å². The number of hydrogen-bond acceptors (Lipinski definition) is 2. The lowest BCUT2D eigenvalue weighted by molar-refractivity contribution is -0.141. The van der Waals surface area contributed by atoms with Crippen molar-refractivity contribution in [3.63, 3.8) is 0 Å². The van der Waals surface area contributed by atoms with E-state index in [1.54, 1.807) is 0 Å². The minimum Gasteiger partial charge on any atom is -0.232 e. The van der Waals surface area contributed by atoms with Crippen LogP contribution in [0.25, 0.3) is 0 Å². The first-order chi connectivity index (χ1) is 7.27. The summed E-state index contributed by atoms with van der Waals surface area (Å²) in [6.07, 6.45) is -7.78. The average Bonchev–Trinajstić information content (AvgIpc) is 2.15. The molecule has 0 aliphatic carbocycles. The van der Waals surface area contributed by atoms with Gasteiger partial charge in [0.2, 0.25) is 0 Å². The number of nitriles is 1. The third-order valence-electron chi connectivity index (χ3n) is 1.85. The highest BCUT2D eigenvalue weighted by Crippen LogP contribution is 2.33. The van der Waals surface area contributed by atoms with Crippen LogP contribution in [0.2, 0.25) is 0 Å². The molecule has 0 aliphatic rings. The molecule has 1 rings (SSSR count). The lowest BCUT2D eigenvalue weighted by Crippen LogP contribution is -2.13. The zero-order valence-corrected chi connectivity index (χ0v) is 7.94. The predicted molar refractivity (Wildman–Crippen MR) is 43.6 cm³/mol. The average molecular weight is 236 g/mol. The monoisotopic (exact) mass is 236 g/mol.